The van der Waals surface area contributed by atoms with Gasteiger partial charge in [-0.15, -0.1) is 0 Å². The predicted octanol–water partition coefficient (Wildman–Crippen LogP) is 0.783. The molecule has 0 saturated heterocycles. The zero-order valence-electron chi connectivity index (χ0n) is 10.4. The Balaban J connectivity index is 3.25. The molecule has 0 heterocycles. The van der Waals surface area contributed by atoms with E-state index >= 15 is 0 Å². The lowest BCUT2D eigenvalue weighted by Gasteiger charge is -2.20. The Labute approximate surface area is 112 Å². The third-order valence-corrected chi connectivity index (χ3v) is 3.47. The summed E-state index contributed by atoms with van der Waals surface area (Å²) in [6.07, 6.45) is -6.09. The number of carbonyl (C=O) groups is 1. The van der Waals surface area contributed by atoms with Gasteiger partial charge in [0.05, 0.1) is 10.9 Å². The Morgan fingerprint density at radius 2 is 1.90 bits per heavy atom. The van der Waals surface area contributed by atoms with Gasteiger partial charge in [0.1, 0.15) is 5.75 Å². The second-order valence-electron chi connectivity index (χ2n) is 4.02. The van der Waals surface area contributed by atoms with Gasteiger partial charge in [-0.05, 0) is 25.1 Å². The number of halogens is 3. The molecule has 9 heteroatoms. The Hall–Kier alpha value is -1.77. The fourth-order valence-corrected chi connectivity index (χ4v) is 1.91. The molecule has 20 heavy (non-hydrogen) atoms. The molecule has 1 atom stereocenters. The molecule has 0 amide bonds. The summed E-state index contributed by atoms with van der Waals surface area (Å²) in [6.45, 7) is 0.698. The number of ether oxygens (including phenoxy) is 1. The molecular formula is C11H10F3O5S-. The molecule has 0 aliphatic heterocycles. The monoisotopic (exact) mass is 311 g/mol. The first kappa shape index (κ1) is 16.3. The van der Waals surface area contributed by atoms with E-state index in [1.165, 1.54) is 0 Å². The summed E-state index contributed by atoms with van der Waals surface area (Å²) in [5, 5.41) is 10.9. The van der Waals surface area contributed by atoms with Gasteiger partial charge < -0.3 is 14.6 Å². The fraction of sp³-hybridized carbons (Fsp3) is 0.364. The van der Waals surface area contributed by atoms with Crippen LogP contribution in [-0.2, 0) is 9.84 Å². The number of benzene rings is 1. The van der Waals surface area contributed by atoms with Gasteiger partial charge in [-0.2, -0.15) is 13.2 Å². The lowest BCUT2D eigenvalue weighted by Crippen LogP contribution is -2.32. The molecule has 0 aliphatic carbocycles. The molecule has 112 valence electrons. The van der Waals surface area contributed by atoms with E-state index in [1.54, 1.807) is 0 Å². The predicted molar refractivity (Wildman–Crippen MR) is 60.0 cm³/mol. The third kappa shape index (κ3) is 3.86. The summed E-state index contributed by atoms with van der Waals surface area (Å²) in [5.74, 6) is -2.44. The normalized spacial score (nSPS) is 13.8. The van der Waals surface area contributed by atoms with Gasteiger partial charge in [0, 0.05) is 11.8 Å². The average Bonchev–Trinajstić information content (AvgIpc) is 2.26. The smallest absolute Gasteiger partial charge is 0.425 e. The number of hydrogen-bond acceptors (Lipinski definition) is 5. The van der Waals surface area contributed by atoms with Crippen molar-refractivity contribution in [2.75, 3.05) is 6.26 Å². The second-order valence-corrected chi connectivity index (χ2v) is 6.04. The molecule has 0 N–H and O–H groups in total. The van der Waals surface area contributed by atoms with E-state index in [9.17, 15) is 31.5 Å². The Kier molecular flexibility index (Phi) is 4.33. The minimum absolute atomic E-state index is 0.358. The summed E-state index contributed by atoms with van der Waals surface area (Å²) in [7, 11) is -3.70. The number of carbonyl (C=O) groups excluding carboxylic acids is 1. The minimum Gasteiger partial charge on any atom is -0.545 e. The summed E-state index contributed by atoms with van der Waals surface area (Å²) in [5.41, 5.74) is -0.760. The van der Waals surface area contributed by atoms with Crippen LogP contribution in [0.1, 0.15) is 17.3 Å². The van der Waals surface area contributed by atoms with Crippen LogP contribution in [-0.4, -0.2) is 32.9 Å². The van der Waals surface area contributed by atoms with Crippen LogP contribution < -0.4 is 9.84 Å². The van der Waals surface area contributed by atoms with E-state index in [4.69, 9.17) is 0 Å². The van der Waals surface area contributed by atoms with Crippen LogP contribution in [0.3, 0.4) is 0 Å². The first-order valence-corrected chi connectivity index (χ1v) is 7.11. The summed E-state index contributed by atoms with van der Waals surface area (Å²) in [4.78, 5) is 10.5. The van der Waals surface area contributed by atoms with Crippen molar-refractivity contribution >= 4 is 15.8 Å². The maximum Gasteiger partial charge on any atom is 0.425 e. The number of rotatable bonds is 4. The van der Waals surface area contributed by atoms with Crippen LogP contribution in [0.25, 0.3) is 0 Å². The van der Waals surface area contributed by atoms with Gasteiger partial charge >= 0.3 is 6.18 Å². The fourth-order valence-electron chi connectivity index (χ4n) is 1.26. The van der Waals surface area contributed by atoms with Gasteiger partial charge in [-0.1, -0.05) is 0 Å². The summed E-state index contributed by atoms with van der Waals surface area (Å²) in [6, 6.07) is 2.51. The quantitative estimate of drug-likeness (QED) is 0.820. The van der Waals surface area contributed by atoms with Crippen molar-refractivity contribution in [3.8, 4) is 5.75 Å². The van der Waals surface area contributed by atoms with Crippen molar-refractivity contribution < 1.29 is 36.2 Å². The highest BCUT2D eigenvalue weighted by Crippen LogP contribution is 2.28. The standard InChI is InChI=1S/C11H11F3O5S/c1-6(11(12,13)14)19-9-4-3-7(20(2,17)18)5-8(9)10(15)16/h3-6H,1-2H3,(H,15,16)/p-1/t6-/m1/s1. The van der Waals surface area contributed by atoms with Crippen molar-refractivity contribution in [2.45, 2.75) is 24.1 Å². The Morgan fingerprint density at radius 1 is 1.35 bits per heavy atom. The van der Waals surface area contributed by atoms with Crippen LogP contribution in [0.15, 0.2) is 23.1 Å². The molecule has 0 aromatic heterocycles. The number of carboxylic acid groups (broad SMARTS) is 1. The minimum atomic E-state index is -4.68. The van der Waals surface area contributed by atoms with Crippen LogP contribution in [0.2, 0.25) is 0 Å². The largest absolute Gasteiger partial charge is 0.545 e. The molecule has 0 radical (unpaired) electrons. The number of hydrogen-bond donors (Lipinski definition) is 0. The molecule has 0 spiro atoms. The average molecular weight is 311 g/mol. The van der Waals surface area contributed by atoms with Gasteiger partial charge in [-0.3, -0.25) is 0 Å². The Morgan fingerprint density at radius 3 is 2.30 bits per heavy atom. The van der Waals surface area contributed by atoms with E-state index < -0.39 is 39.4 Å². The highest BCUT2D eigenvalue weighted by atomic mass is 32.2. The topological polar surface area (TPSA) is 83.5 Å². The molecule has 1 aromatic carbocycles. The first-order valence-electron chi connectivity index (χ1n) is 5.21. The number of carboxylic acids is 1. The molecule has 5 nitrogen and oxygen atoms in total. The molecule has 0 aliphatic rings. The summed E-state index contributed by atoms with van der Waals surface area (Å²) < 4.78 is 64.1. The van der Waals surface area contributed by atoms with E-state index in [-0.39, 0.29) is 4.90 Å². The van der Waals surface area contributed by atoms with Gasteiger partial charge in [-0.25, -0.2) is 8.42 Å². The lowest BCUT2D eigenvalue weighted by atomic mass is 10.2. The van der Waals surface area contributed by atoms with Gasteiger partial charge in [0.2, 0.25) is 0 Å². The SMILES string of the molecule is C[C@@H](Oc1ccc(S(C)(=O)=O)cc1C(=O)[O-])C(F)(F)F. The van der Waals surface area contributed by atoms with Crippen LogP contribution in [0, 0.1) is 0 Å². The molecule has 0 saturated carbocycles. The molecule has 0 fully saturated rings. The zero-order valence-corrected chi connectivity index (χ0v) is 11.2. The zero-order chi connectivity index (χ0) is 15.7. The number of alkyl halides is 3. The van der Waals surface area contributed by atoms with E-state index in [0.717, 1.165) is 18.4 Å². The van der Waals surface area contributed by atoms with Crippen molar-refractivity contribution in [2.24, 2.45) is 0 Å². The molecular weight excluding hydrogens is 301 g/mol. The van der Waals surface area contributed by atoms with E-state index in [0.29, 0.717) is 13.0 Å². The van der Waals surface area contributed by atoms with Crippen molar-refractivity contribution in [3.63, 3.8) is 0 Å². The van der Waals surface area contributed by atoms with Gasteiger partial charge in [0.25, 0.3) is 0 Å². The van der Waals surface area contributed by atoms with E-state index in [2.05, 4.69) is 4.74 Å². The highest BCUT2D eigenvalue weighted by molar-refractivity contribution is 7.90. The number of sulfone groups is 1. The highest BCUT2D eigenvalue weighted by Gasteiger charge is 2.38. The van der Waals surface area contributed by atoms with Crippen LogP contribution in [0.4, 0.5) is 13.2 Å². The third-order valence-electron chi connectivity index (χ3n) is 2.36. The van der Waals surface area contributed by atoms with Crippen molar-refractivity contribution in [1.29, 1.82) is 0 Å². The molecule has 1 aromatic rings. The molecule has 0 unspecified atom stereocenters. The van der Waals surface area contributed by atoms with Crippen LogP contribution in [0.5, 0.6) is 5.75 Å². The Bertz CT molecular complexity index is 621. The van der Waals surface area contributed by atoms with Crippen molar-refractivity contribution in [3.05, 3.63) is 23.8 Å². The second kappa shape index (κ2) is 5.31. The molecule has 0 bridgehead atoms. The lowest BCUT2D eigenvalue weighted by molar-refractivity contribution is -0.255. The van der Waals surface area contributed by atoms with E-state index in [1.807, 2.05) is 0 Å². The number of aromatic carboxylic acids is 1. The molecule has 1 rings (SSSR count). The van der Waals surface area contributed by atoms with Crippen molar-refractivity contribution in [1.82, 2.24) is 0 Å². The first-order chi connectivity index (χ1) is 8.93. The van der Waals surface area contributed by atoms with Crippen LogP contribution >= 0.6 is 0 Å². The maximum atomic E-state index is 12.4. The maximum absolute atomic E-state index is 12.4. The summed E-state index contributed by atoms with van der Waals surface area (Å²) >= 11 is 0. The van der Waals surface area contributed by atoms with Gasteiger partial charge in [0.15, 0.2) is 15.9 Å².